The molecule has 0 radical (unpaired) electrons. The Balaban J connectivity index is 0.000000235. The summed E-state index contributed by atoms with van der Waals surface area (Å²) in [6.07, 6.45) is 5.34. The first-order chi connectivity index (χ1) is 9.55. The number of allylic oxidation sites excluding steroid dienone is 1. The molecule has 0 N–H and O–H groups in total. The Bertz CT molecular complexity index is 512. The third-order valence-corrected chi connectivity index (χ3v) is 9.15. The van der Waals surface area contributed by atoms with Crippen LogP contribution < -0.4 is 0 Å². The molecule has 2 fully saturated rings. The van der Waals surface area contributed by atoms with Gasteiger partial charge in [-0.05, 0) is 21.7 Å². The molecule has 0 nitrogen and oxygen atoms in total. The van der Waals surface area contributed by atoms with Gasteiger partial charge in [0.15, 0.2) is 0 Å². The van der Waals surface area contributed by atoms with Gasteiger partial charge in [0.2, 0.25) is 0 Å². The molecule has 0 aliphatic heterocycles. The van der Waals surface area contributed by atoms with Crippen molar-refractivity contribution < 1.29 is 0 Å². The van der Waals surface area contributed by atoms with E-state index in [0.29, 0.717) is 21.8 Å². The van der Waals surface area contributed by atoms with Crippen molar-refractivity contribution in [1.29, 1.82) is 0 Å². The normalized spacial score (nSPS) is 27.8. The third kappa shape index (κ3) is 2.43. The van der Waals surface area contributed by atoms with Gasteiger partial charge in [-0.25, -0.2) is 0 Å². The van der Waals surface area contributed by atoms with Crippen LogP contribution in [0.15, 0.2) is 9.52 Å². The van der Waals surface area contributed by atoms with E-state index in [9.17, 15) is 0 Å². The summed E-state index contributed by atoms with van der Waals surface area (Å²) < 4.78 is 0.0651. The van der Waals surface area contributed by atoms with Crippen LogP contribution in [0.4, 0.5) is 0 Å². The minimum Gasteiger partial charge on any atom is -0.120 e. The predicted octanol–water partition coefficient (Wildman–Crippen LogP) is 7.22. The van der Waals surface area contributed by atoms with Gasteiger partial charge in [-0.2, -0.15) is 0 Å². The van der Waals surface area contributed by atoms with Crippen LogP contribution in [-0.4, -0.2) is 4.87 Å². The summed E-state index contributed by atoms with van der Waals surface area (Å²) in [7, 11) is 0. The first-order valence-electron chi connectivity index (χ1n) is 7.41. The van der Waals surface area contributed by atoms with E-state index in [1.165, 1.54) is 0 Å². The van der Waals surface area contributed by atoms with E-state index in [4.69, 9.17) is 52.8 Å². The summed E-state index contributed by atoms with van der Waals surface area (Å²) in [6, 6.07) is 0. The lowest BCUT2D eigenvalue weighted by atomic mass is 10.0. The van der Waals surface area contributed by atoms with Crippen LogP contribution in [-0.2, 0) is 0 Å². The average molecular weight is 384 g/mol. The molecule has 0 heterocycles. The smallest absolute Gasteiger partial charge is 0.120 e. The Morgan fingerprint density at radius 2 is 1.14 bits per heavy atom. The lowest BCUT2D eigenvalue weighted by molar-refractivity contribution is 0.457. The number of halogens is 4. The van der Waals surface area contributed by atoms with Crippen LogP contribution >= 0.6 is 46.4 Å². The second-order valence-corrected chi connectivity index (χ2v) is 10.4. The fourth-order valence-corrected chi connectivity index (χ4v) is 4.91. The molecule has 2 aliphatic rings. The highest BCUT2D eigenvalue weighted by Crippen LogP contribution is 2.78. The maximum absolute atomic E-state index is 6.41. The lowest BCUT2D eigenvalue weighted by Gasteiger charge is -2.11. The zero-order valence-corrected chi connectivity index (χ0v) is 17.7. The molecule has 126 valence electrons. The fraction of sp³-hybridized carbons (Fsp3) is 0.778. The highest BCUT2D eigenvalue weighted by Gasteiger charge is 2.78. The van der Waals surface area contributed by atoms with E-state index in [1.807, 2.05) is 0 Å². The fourth-order valence-electron chi connectivity index (χ4n) is 3.54. The Morgan fingerprint density at radius 1 is 0.818 bits per heavy atom. The maximum Gasteiger partial charge on any atom is 0.123 e. The predicted molar refractivity (Wildman–Crippen MR) is 101 cm³/mol. The maximum atomic E-state index is 6.41. The van der Waals surface area contributed by atoms with Crippen LogP contribution in [0.2, 0.25) is 0 Å². The van der Waals surface area contributed by atoms with Crippen molar-refractivity contribution >= 4 is 46.4 Å². The van der Waals surface area contributed by atoms with E-state index >= 15 is 0 Å². The highest BCUT2D eigenvalue weighted by atomic mass is 35.5. The topological polar surface area (TPSA) is 0 Å². The number of alkyl halides is 1. The van der Waals surface area contributed by atoms with Gasteiger partial charge in [0, 0.05) is 5.92 Å². The first kappa shape index (κ1) is 20.5. The Kier molecular flexibility index (Phi) is 5.11. The summed E-state index contributed by atoms with van der Waals surface area (Å²) in [5.41, 5.74) is 0.574. The van der Waals surface area contributed by atoms with Gasteiger partial charge >= 0.3 is 0 Å². The zero-order valence-electron chi connectivity index (χ0n) is 14.7. The quantitative estimate of drug-likeness (QED) is 0.331. The molecule has 0 spiro atoms. The van der Waals surface area contributed by atoms with Crippen LogP contribution in [0.5, 0.6) is 0 Å². The van der Waals surface area contributed by atoms with Crippen molar-refractivity contribution in [1.82, 2.24) is 0 Å². The SMILES string of the molecule is C#CC1C(C)(C)C1(C)C.CC1(C)C(C)(C)C1(Cl)C(Cl)=C(Cl)Cl. The summed E-state index contributed by atoms with van der Waals surface area (Å²) in [6.45, 7) is 17.2. The van der Waals surface area contributed by atoms with E-state index < -0.39 is 4.87 Å². The zero-order chi connectivity index (χ0) is 17.9. The monoisotopic (exact) mass is 382 g/mol. The van der Waals surface area contributed by atoms with Crippen molar-refractivity contribution in [3.8, 4) is 12.3 Å². The minimum absolute atomic E-state index is 0.0651. The van der Waals surface area contributed by atoms with E-state index in [0.717, 1.165) is 0 Å². The first-order valence-corrected chi connectivity index (χ1v) is 8.92. The molecule has 0 unspecified atom stereocenters. The molecule has 0 aromatic rings. The number of rotatable bonds is 1. The molecule has 0 saturated heterocycles. The second-order valence-electron chi connectivity index (χ2n) is 8.53. The van der Waals surface area contributed by atoms with Crippen molar-refractivity contribution in [3.63, 3.8) is 0 Å². The van der Waals surface area contributed by atoms with E-state index in [-0.39, 0.29) is 15.3 Å². The minimum atomic E-state index is -0.625. The molecule has 0 atom stereocenters. The van der Waals surface area contributed by atoms with Crippen LogP contribution in [0.25, 0.3) is 0 Å². The molecule has 0 aromatic carbocycles. The molecular weight excluding hydrogens is 358 g/mol. The molecule has 22 heavy (non-hydrogen) atoms. The molecule has 2 aliphatic carbocycles. The largest absolute Gasteiger partial charge is 0.123 e. The Hall–Kier alpha value is 0.460. The molecule has 2 rings (SSSR count). The average Bonchev–Trinajstić information content (AvgIpc) is 2.90. The van der Waals surface area contributed by atoms with Crippen LogP contribution in [0, 0.1) is 39.9 Å². The Morgan fingerprint density at radius 3 is 1.18 bits per heavy atom. The summed E-state index contributed by atoms with van der Waals surface area (Å²) in [4.78, 5) is -0.625. The number of terminal acetylenes is 1. The molecule has 0 bridgehead atoms. The molecule has 2 saturated carbocycles. The van der Waals surface area contributed by atoms with Crippen LogP contribution in [0.3, 0.4) is 0 Å². The van der Waals surface area contributed by atoms with Crippen LogP contribution in [0.1, 0.15) is 55.4 Å². The van der Waals surface area contributed by atoms with Crippen molar-refractivity contribution in [2.45, 2.75) is 60.3 Å². The highest BCUT2D eigenvalue weighted by molar-refractivity contribution is 6.61. The molecule has 0 amide bonds. The van der Waals surface area contributed by atoms with Gasteiger partial charge in [0.05, 0.1) is 9.91 Å². The van der Waals surface area contributed by atoms with Crippen molar-refractivity contribution in [3.05, 3.63) is 9.52 Å². The number of hydrogen-bond donors (Lipinski definition) is 0. The van der Waals surface area contributed by atoms with Gasteiger partial charge in [-0.1, -0.05) is 90.2 Å². The molecule has 4 heteroatoms. The van der Waals surface area contributed by atoms with Gasteiger partial charge in [-0.15, -0.1) is 23.9 Å². The summed E-state index contributed by atoms with van der Waals surface area (Å²) in [5, 5.41) is 0.354. The van der Waals surface area contributed by atoms with Gasteiger partial charge in [0.25, 0.3) is 0 Å². The van der Waals surface area contributed by atoms with Gasteiger partial charge < -0.3 is 0 Å². The third-order valence-electron chi connectivity index (χ3n) is 6.88. The van der Waals surface area contributed by atoms with E-state index in [2.05, 4.69) is 61.3 Å². The standard InChI is InChI=1S/C9H12Cl4.C9H14/c1-7(2)8(3,4)9(7,13)5(10)6(11)12;1-6-7-8(2,3)9(7,4)5/h1-4H3;1,7H,2-5H3. The lowest BCUT2D eigenvalue weighted by Crippen LogP contribution is -2.10. The molecule has 0 aromatic heterocycles. The summed E-state index contributed by atoms with van der Waals surface area (Å²) in [5.74, 6) is 3.31. The number of hydrogen-bond acceptors (Lipinski definition) is 0. The van der Waals surface area contributed by atoms with Gasteiger partial charge in [0.1, 0.15) is 4.49 Å². The van der Waals surface area contributed by atoms with Crippen molar-refractivity contribution in [2.75, 3.05) is 0 Å². The van der Waals surface area contributed by atoms with Crippen molar-refractivity contribution in [2.24, 2.45) is 27.6 Å². The summed E-state index contributed by atoms with van der Waals surface area (Å²) >= 11 is 23.7. The second kappa shape index (κ2) is 5.49. The van der Waals surface area contributed by atoms with E-state index in [1.54, 1.807) is 0 Å². The molecular formula is C18H26Cl4. The van der Waals surface area contributed by atoms with Gasteiger partial charge in [-0.3, -0.25) is 0 Å². The Labute approximate surface area is 155 Å².